The fraction of sp³-hybridized carbons (Fsp3) is 0.778. The van der Waals surface area contributed by atoms with E-state index in [4.69, 9.17) is 0 Å². The minimum Gasteiger partial charge on any atom is -0.198 e. The molecule has 0 aliphatic rings. The quantitative estimate of drug-likeness (QED) is 0.495. The first-order chi connectivity index (χ1) is 9.31. The maximum absolute atomic E-state index is 13.2. The lowest BCUT2D eigenvalue weighted by molar-refractivity contribution is -0.458. The molecule has 0 fully saturated rings. The fourth-order valence-corrected chi connectivity index (χ4v) is 1.43. The Balaban J connectivity index is 6.78. The van der Waals surface area contributed by atoms with Crippen LogP contribution in [0.25, 0.3) is 0 Å². The molecule has 0 atom stereocenters. The van der Waals surface area contributed by atoms with Crippen molar-refractivity contribution < 1.29 is 57.1 Å². The van der Waals surface area contributed by atoms with Crippen molar-refractivity contribution in [1.29, 1.82) is 0 Å². The normalized spacial score (nSPS) is 15.6. The number of terminal acetylenes is 1. The fourth-order valence-electron chi connectivity index (χ4n) is 1.43. The van der Waals surface area contributed by atoms with E-state index < -0.39 is 42.2 Å². The molecule has 0 rings (SSSR count). The third-order valence-corrected chi connectivity index (χ3v) is 2.62. The smallest absolute Gasteiger partial charge is 0.198 e. The molecule has 0 aromatic carbocycles. The Morgan fingerprint density at radius 2 is 0.864 bits per heavy atom. The van der Waals surface area contributed by atoms with Crippen molar-refractivity contribution in [3.63, 3.8) is 0 Å². The van der Waals surface area contributed by atoms with E-state index in [0.29, 0.717) is 5.92 Å². The average Bonchev–Trinajstić information content (AvgIpc) is 2.19. The maximum Gasteiger partial charge on any atom is 0.459 e. The summed E-state index contributed by atoms with van der Waals surface area (Å²) in [5.41, 5.74) is -6.78. The molecule has 0 nitrogen and oxygen atoms in total. The maximum atomic E-state index is 13.2. The van der Waals surface area contributed by atoms with Gasteiger partial charge in [0.05, 0.1) is 0 Å². The molecule has 130 valence electrons. The van der Waals surface area contributed by atoms with Gasteiger partial charge in [0.2, 0.25) is 5.41 Å². The molecular formula is C9H3F13. The summed E-state index contributed by atoms with van der Waals surface area (Å²) in [4.78, 5) is 0. The SMILES string of the molecule is C#CCC(C(F)(F)F)(C(F)(F)F)C(F)(F)C(F)(F)C(F)(F)F. The van der Waals surface area contributed by atoms with Crippen molar-refractivity contribution in [2.75, 3.05) is 0 Å². The van der Waals surface area contributed by atoms with Crippen LogP contribution in [0.4, 0.5) is 57.1 Å². The molecule has 0 aliphatic heterocycles. The van der Waals surface area contributed by atoms with Crippen LogP contribution >= 0.6 is 0 Å². The van der Waals surface area contributed by atoms with E-state index in [1.54, 1.807) is 0 Å². The summed E-state index contributed by atoms with van der Waals surface area (Å²) in [5.74, 6) is -14.8. The van der Waals surface area contributed by atoms with Gasteiger partial charge in [0, 0.05) is 6.42 Å². The van der Waals surface area contributed by atoms with E-state index in [9.17, 15) is 57.1 Å². The van der Waals surface area contributed by atoms with Crippen LogP contribution in [-0.4, -0.2) is 30.4 Å². The van der Waals surface area contributed by atoms with Crippen LogP contribution < -0.4 is 0 Å². The van der Waals surface area contributed by atoms with Crippen molar-refractivity contribution in [2.24, 2.45) is 5.41 Å². The Morgan fingerprint density at radius 1 is 0.545 bits per heavy atom. The van der Waals surface area contributed by atoms with Crippen molar-refractivity contribution in [1.82, 2.24) is 0 Å². The lowest BCUT2D eigenvalue weighted by Gasteiger charge is -2.44. The molecule has 0 radical (unpaired) electrons. The van der Waals surface area contributed by atoms with Gasteiger partial charge in [0.25, 0.3) is 0 Å². The van der Waals surface area contributed by atoms with Gasteiger partial charge in [-0.1, -0.05) is 0 Å². The Bertz CT molecular complexity index is 426. The third-order valence-electron chi connectivity index (χ3n) is 2.62. The standard InChI is InChI=1S/C9H3F13/c1-2-3-4(7(14,15)16,8(17,18)19)5(10,11)6(12,13)9(20,21)22/h1H,3H2. The van der Waals surface area contributed by atoms with Gasteiger partial charge in [0.15, 0.2) is 0 Å². The molecule has 0 aromatic heterocycles. The average molecular weight is 358 g/mol. The Morgan fingerprint density at radius 3 is 1.05 bits per heavy atom. The molecule has 0 spiro atoms. The van der Waals surface area contributed by atoms with Crippen molar-refractivity contribution in [3.05, 3.63) is 0 Å². The van der Waals surface area contributed by atoms with E-state index in [1.807, 2.05) is 0 Å². The van der Waals surface area contributed by atoms with Gasteiger partial charge < -0.3 is 0 Å². The largest absolute Gasteiger partial charge is 0.459 e. The van der Waals surface area contributed by atoms with E-state index in [0.717, 1.165) is 0 Å². The summed E-state index contributed by atoms with van der Waals surface area (Å²) < 4.78 is 162. The Kier molecular flexibility index (Phi) is 4.78. The summed E-state index contributed by atoms with van der Waals surface area (Å²) in [6.07, 6.45) is -21.0. The molecule has 0 saturated heterocycles. The molecule has 0 bridgehead atoms. The number of alkyl halides is 13. The molecule has 0 saturated carbocycles. The van der Waals surface area contributed by atoms with Crippen LogP contribution in [0.1, 0.15) is 6.42 Å². The van der Waals surface area contributed by atoms with Crippen molar-refractivity contribution >= 4 is 0 Å². The zero-order valence-corrected chi connectivity index (χ0v) is 9.70. The van der Waals surface area contributed by atoms with Gasteiger partial charge in [-0.25, -0.2) is 0 Å². The molecule has 0 unspecified atom stereocenters. The highest BCUT2D eigenvalue weighted by Gasteiger charge is 2.91. The summed E-state index contributed by atoms with van der Waals surface area (Å²) in [7, 11) is 0. The summed E-state index contributed by atoms with van der Waals surface area (Å²) in [5, 5.41) is 0. The van der Waals surface area contributed by atoms with Crippen LogP contribution in [0.15, 0.2) is 0 Å². The van der Waals surface area contributed by atoms with Crippen LogP contribution in [0, 0.1) is 17.8 Å². The molecule has 0 amide bonds. The molecule has 0 N–H and O–H groups in total. The Hall–Kier alpha value is -1.35. The van der Waals surface area contributed by atoms with Gasteiger partial charge in [-0.3, -0.25) is 0 Å². The molecule has 13 heteroatoms. The minimum absolute atomic E-state index is 0.431. The van der Waals surface area contributed by atoms with Crippen LogP contribution in [0.5, 0.6) is 0 Å². The highest BCUT2D eigenvalue weighted by molar-refractivity contribution is 5.15. The van der Waals surface area contributed by atoms with Crippen molar-refractivity contribution in [2.45, 2.75) is 36.8 Å². The lowest BCUT2D eigenvalue weighted by atomic mass is 9.73. The molecule has 0 aliphatic carbocycles. The van der Waals surface area contributed by atoms with Gasteiger partial charge in [-0.2, -0.15) is 57.1 Å². The number of hydrogen-bond acceptors (Lipinski definition) is 0. The van der Waals surface area contributed by atoms with Gasteiger partial charge in [-0.15, -0.1) is 12.3 Å². The van der Waals surface area contributed by atoms with Gasteiger partial charge in [-0.05, 0) is 0 Å². The second-order valence-corrected chi connectivity index (χ2v) is 3.93. The summed E-state index contributed by atoms with van der Waals surface area (Å²) >= 11 is 0. The number of hydrogen-bond donors (Lipinski definition) is 0. The predicted octanol–water partition coefficient (Wildman–Crippen LogP) is 4.95. The summed E-state index contributed by atoms with van der Waals surface area (Å²) in [6, 6.07) is 0. The van der Waals surface area contributed by atoms with E-state index >= 15 is 0 Å². The number of halogens is 13. The molecule has 0 aromatic rings. The van der Waals surface area contributed by atoms with E-state index in [2.05, 4.69) is 6.42 Å². The lowest BCUT2D eigenvalue weighted by Crippen LogP contribution is -2.70. The zero-order chi connectivity index (χ0) is 18.4. The van der Waals surface area contributed by atoms with Gasteiger partial charge in [0.1, 0.15) is 0 Å². The highest BCUT2D eigenvalue weighted by Crippen LogP contribution is 2.66. The molecular weight excluding hydrogens is 355 g/mol. The molecule has 0 heterocycles. The second-order valence-electron chi connectivity index (χ2n) is 3.93. The molecule has 22 heavy (non-hydrogen) atoms. The highest BCUT2D eigenvalue weighted by atomic mass is 19.4. The first-order valence-electron chi connectivity index (χ1n) is 4.70. The van der Waals surface area contributed by atoms with Crippen molar-refractivity contribution in [3.8, 4) is 12.3 Å². The number of rotatable bonds is 3. The zero-order valence-electron chi connectivity index (χ0n) is 9.70. The monoisotopic (exact) mass is 358 g/mol. The van der Waals surface area contributed by atoms with E-state index in [-0.39, 0.29) is 0 Å². The minimum atomic E-state index is -7.64. The Labute approximate surface area is 113 Å². The van der Waals surface area contributed by atoms with Crippen LogP contribution in [-0.2, 0) is 0 Å². The first kappa shape index (κ1) is 20.6. The van der Waals surface area contributed by atoms with E-state index in [1.165, 1.54) is 0 Å². The predicted molar refractivity (Wildman–Crippen MR) is 43.9 cm³/mol. The topological polar surface area (TPSA) is 0 Å². The first-order valence-corrected chi connectivity index (χ1v) is 4.70. The van der Waals surface area contributed by atoms with Crippen LogP contribution in [0.3, 0.4) is 0 Å². The summed E-state index contributed by atoms with van der Waals surface area (Å²) in [6.45, 7) is 0. The van der Waals surface area contributed by atoms with Gasteiger partial charge >= 0.3 is 30.4 Å². The third kappa shape index (κ3) is 2.56. The van der Waals surface area contributed by atoms with Crippen LogP contribution in [0.2, 0.25) is 0 Å². The second kappa shape index (κ2) is 5.09.